The van der Waals surface area contributed by atoms with Crippen LogP contribution in [-0.2, 0) is 32.4 Å². The molecule has 186 valence electrons. The maximum absolute atomic E-state index is 13.3. The molecule has 6 rings (SSSR count). The van der Waals surface area contributed by atoms with Gasteiger partial charge >= 0.3 is 7.82 Å². The van der Waals surface area contributed by atoms with Crippen molar-refractivity contribution in [2.75, 3.05) is 33.1 Å². The number of nitrogens with zero attached hydrogens (tertiary/aromatic N) is 2. The fourth-order valence-electron chi connectivity index (χ4n) is 5.46. The third-order valence-corrected chi connectivity index (χ3v) is 10.1. The number of ether oxygens (including phenoxy) is 2. The number of phosphoric ester groups is 1. The highest BCUT2D eigenvalue weighted by Crippen LogP contribution is 2.62. The monoisotopic (exact) mass is 533 g/mol. The van der Waals surface area contributed by atoms with E-state index in [1.54, 1.807) is 11.0 Å². The number of amides is 1. The van der Waals surface area contributed by atoms with Gasteiger partial charge in [-0.2, -0.15) is 0 Å². The zero-order chi connectivity index (χ0) is 23.8. The van der Waals surface area contributed by atoms with Gasteiger partial charge in [-0.1, -0.05) is 24.0 Å². The minimum Gasteiger partial charge on any atom is -0.507 e. The minimum absolute atomic E-state index is 0.0417. The second-order valence-electron chi connectivity index (χ2n) is 9.13. The normalized spacial score (nSPS) is 43.8. The fraction of sp³-hybridized carbons (Fsp3) is 0.684. The summed E-state index contributed by atoms with van der Waals surface area (Å²) in [6.07, 6.45) is -0.835. The zero-order valence-corrected chi connectivity index (χ0v) is 20.6. The Bertz CT molecular complexity index is 1040. The van der Waals surface area contributed by atoms with Crippen LogP contribution >= 0.6 is 31.8 Å². The molecule has 3 unspecified atom stereocenters. The van der Waals surface area contributed by atoms with E-state index in [-0.39, 0.29) is 37.4 Å². The Labute approximate surface area is 204 Å². The van der Waals surface area contributed by atoms with Gasteiger partial charge < -0.3 is 29.9 Å². The summed E-state index contributed by atoms with van der Waals surface area (Å²) in [5.74, 6) is -0.964. The molecule has 6 aliphatic rings. The fourth-order valence-corrected chi connectivity index (χ4v) is 8.00. The first-order valence-electron chi connectivity index (χ1n) is 10.8. The Balaban J connectivity index is 1.21. The molecule has 3 N–H and O–H groups in total. The highest BCUT2D eigenvalue weighted by atomic mass is 32.2. The first-order chi connectivity index (χ1) is 16.2. The summed E-state index contributed by atoms with van der Waals surface area (Å²) >= 11 is 6.80. The number of aliphatic hydroxyl groups excluding tert-OH is 2. The highest BCUT2D eigenvalue weighted by Gasteiger charge is 2.62. The number of hydrogen-bond acceptors (Lipinski definition) is 12. The van der Waals surface area contributed by atoms with Crippen LogP contribution in [0.25, 0.3) is 0 Å². The van der Waals surface area contributed by atoms with Crippen molar-refractivity contribution < 1.29 is 42.6 Å². The molecule has 0 bridgehead atoms. The summed E-state index contributed by atoms with van der Waals surface area (Å²) in [6, 6.07) is -0.604. The van der Waals surface area contributed by atoms with Gasteiger partial charge in [0.1, 0.15) is 29.2 Å². The lowest BCUT2D eigenvalue weighted by Gasteiger charge is -2.49. The summed E-state index contributed by atoms with van der Waals surface area (Å²) in [5.41, 5.74) is 0. The molecule has 15 heteroatoms. The van der Waals surface area contributed by atoms with Crippen molar-refractivity contribution in [3.05, 3.63) is 23.4 Å². The molecule has 4 aliphatic heterocycles. The van der Waals surface area contributed by atoms with Crippen LogP contribution in [0.3, 0.4) is 0 Å². The summed E-state index contributed by atoms with van der Waals surface area (Å²) in [4.78, 5) is 16.7. The van der Waals surface area contributed by atoms with E-state index in [9.17, 15) is 19.6 Å². The predicted octanol–water partition coefficient (Wildman–Crippen LogP) is 0.816. The Kier molecular flexibility index (Phi) is 5.65. The molecule has 12 nitrogen and oxygen atoms in total. The number of allylic oxidation sites excluding steroid dienone is 1. The highest BCUT2D eigenvalue weighted by molar-refractivity contribution is 8.22. The van der Waals surface area contributed by atoms with Crippen LogP contribution < -0.4 is 5.32 Å². The number of carbonyl (C=O) groups excluding carboxylic acids is 1. The van der Waals surface area contributed by atoms with Gasteiger partial charge in [0.25, 0.3) is 0 Å². The molecule has 34 heavy (non-hydrogen) atoms. The smallest absolute Gasteiger partial charge is 0.477 e. The van der Waals surface area contributed by atoms with Crippen LogP contribution in [0.15, 0.2) is 23.4 Å². The number of aliphatic hydroxyl groups is 2. The largest absolute Gasteiger partial charge is 0.507 e. The van der Waals surface area contributed by atoms with Crippen LogP contribution in [0.2, 0.25) is 0 Å². The average molecular weight is 534 g/mol. The Morgan fingerprint density at radius 3 is 2.97 bits per heavy atom. The van der Waals surface area contributed by atoms with Gasteiger partial charge in [0, 0.05) is 5.92 Å². The number of thiocarbonyl (C=S) groups is 1. The Hall–Kier alpha value is -1.38. The van der Waals surface area contributed by atoms with Gasteiger partial charge in [-0.05, 0) is 25.5 Å². The van der Waals surface area contributed by atoms with Crippen molar-refractivity contribution in [2.24, 2.45) is 17.8 Å². The van der Waals surface area contributed by atoms with Gasteiger partial charge in [-0.25, -0.2) is 4.57 Å². The van der Waals surface area contributed by atoms with E-state index >= 15 is 0 Å². The quantitative estimate of drug-likeness (QED) is 0.349. The van der Waals surface area contributed by atoms with Crippen LogP contribution in [0.5, 0.6) is 0 Å². The molecular formula is C19H24N3O9PS2. The molecular weight excluding hydrogens is 509 g/mol. The van der Waals surface area contributed by atoms with E-state index in [1.165, 1.54) is 11.8 Å². The number of hydrogen-bond donors (Lipinski definition) is 3. The molecule has 2 aliphatic carbocycles. The molecule has 0 spiro atoms. The van der Waals surface area contributed by atoms with E-state index in [1.807, 2.05) is 11.9 Å². The van der Waals surface area contributed by atoms with Crippen molar-refractivity contribution in [3.63, 3.8) is 0 Å². The standard InChI is InChI=1S/C19H24N3O9PS2/c1-21-4-22(19(33)34-6-21)5-29-32(26)30-15-10(23)2-9-8-3-11-16(28-7-27-11)14(24)12(8)18(25)20-13(9)17(15)31-32/h3,8-10,12-13,15,17,23-24H,2,4-7H2,1H3,(H,20,25)/t8-,9?,10-,12?,13+,15+,17-,32?/m0/s1. The van der Waals surface area contributed by atoms with Crippen molar-refractivity contribution >= 4 is 42.0 Å². The van der Waals surface area contributed by atoms with Crippen LogP contribution in [0.4, 0.5) is 0 Å². The topological polar surface area (TPSA) is 139 Å². The summed E-state index contributed by atoms with van der Waals surface area (Å²) in [6.45, 7) is 0.365. The molecule has 0 aromatic rings. The Morgan fingerprint density at radius 2 is 2.15 bits per heavy atom. The van der Waals surface area contributed by atoms with E-state index in [0.29, 0.717) is 16.7 Å². The zero-order valence-electron chi connectivity index (χ0n) is 18.1. The molecule has 4 saturated heterocycles. The number of piperidine rings is 1. The van der Waals surface area contributed by atoms with E-state index in [4.69, 9.17) is 35.3 Å². The van der Waals surface area contributed by atoms with E-state index in [2.05, 4.69) is 5.32 Å². The van der Waals surface area contributed by atoms with Gasteiger partial charge in [0.05, 0.1) is 24.7 Å². The summed E-state index contributed by atoms with van der Waals surface area (Å²) in [5, 5.41) is 24.4. The van der Waals surface area contributed by atoms with E-state index in [0.717, 1.165) is 5.88 Å². The lowest BCUT2D eigenvalue weighted by atomic mass is 9.64. The molecule has 0 radical (unpaired) electrons. The van der Waals surface area contributed by atoms with Crippen LogP contribution in [-0.4, -0.2) is 87.7 Å². The molecule has 8 atom stereocenters. The molecule has 5 fully saturated rings. The van der Waals surface area contributed by atoms with Crippen molar-refractivity contribution in [3.8, 4) is 0 Å². The van der Waals surface area contributed by atoms with Crippen LogP contribution in [0.1, 0.15) is 6.42 Å². The summed E-state index contributed by atoms with van der Waals surface area (Å²) < 4.78 is 41.6. The number of thioether (sulfide) groups is 1. The van der Waals surface area contributed by atoms with Gasteiger partial charge in [0.2, 0.25) is 18.5 Å². The number of nitrogens with one attached hydrogen (secondary N) is 1. The Morgan fingerprint density at radius 1 is 1.35 bits per heavy atom. The predicted molar refractivity (Wildman–Crippen MR) is 121 cm³/mol. The van der Waals surface area contributed by atoms with Crippen molar-refractivity contribution in [1.29, 1.82) is 0 Å². The van der Waals surface area contributed by atoms with Crippen molar-refractivity contribution in [2.45, 2.75) is 30.8 Å². The number of fused-ring (bicyclic) bond motifs is 6. The van der Waals surface area contributed by atoms with Gasteiger partial charge in [-0.15, -0.1) is 0 Å². The summed E-state index contributed by atoms with van der Waals surface area (Å²) in [7, 11) is -2.11. The third-order valence-electron chi connectivity index (χ3n) is 6.97. The number of phosphoric acid groups is 1. The van der Waals surface area contributed by atoms with Gasteiger partial charge in [-0.3, -0.25) is 23.3 Å². The first kappa shape index (κ1) is 23.0. The molecule has 0 aromatic heterocycles. The molecule has 4 heterocycles. The van der Waals surface area contributed by atoms with Crippen LogP contribution in [0, 0.1) is 17.8 Å². The minimum atomic E-state index is -4.03. The molecule has 0 aromatic carbocycles. The van der Waals surface area contributed by atoms with Crippen molar-refractivity contribution in [1.82, 2.24) is 15.1 Å². The van der Waals surface area contributed by atoms with Gasteiger partial charge in [0.15, 0.2) is 11.5 Å². The lowest BCUT2D eigenvalue weighted by Crippen LogP contribution is -2.65. The second kappa shape index (κ2) is 8.34. The number of rotatable bonds is 3. The molecule has 1 saturated carbocycles. The van der Waals surface area contributed by atoms with E-state index < -0.39 is 49.9 Å². The molecule has 1 amide bonds. The SMILES string of the molecule is CN1CSC(=S)N(COP2(=O)O[C@@H]3[C@H](O2)[C@@H](O)CC2[C@@H]4C=C5OCOC5=C(O)C4C(=O)N[C@H]23)C1. The number of carbonyl (C=O) groups is 1. The maximum atomic E-state index is 13.3. The lowest BCUT2D eigenvalue weighted by molar-refractivity contribution is -0.139. The average Bonchev–Trinajstić information content (AvgIpc) is 3.41. The maximum Gasteiger partial charge on any atom is 0.477 e. The first-order valence-corrected chi connectivity index (χ1v) is 13.7. The third kappa shape index (κ3) is 3.66. The second-order valence-corrected chi connectivity index (χ2v) is 12.3.